The summed E-state index contributed by atoms with van der Waals surface area (Å²) in [6.45, 7) is 5.83. The van der Waals surface area contributed by atoms with E-state index in [1.54, 1.807) is 0 Å². The number of ether oxygens (including phenoxy) is 1. The summed E-state index contributed by atoms with van der Waals surface area (Å²) in [4.78, 5) is 22.3. The van der Waals surface area contributed by atoms with Crippen molar-refractivity contribution in [2.75, 3.05) is 6.61 Å². The summed E-state index contributed by atoms with van der Waals surface area (Å²) < 4.78 is 11.0. The van der Waals surface area contributed by atoms with Crippen LogP contribution in [0.3, 0.4) is 0 Å². The molecule has 0 N–H and O–H groups in total. The fraction of sp³-hybridized carbons (Fsp3) is 0.300. The predicted octanol–water partition coefficient (Wildman–Crippen LogP) is 3.88. The number of benzene rings is 2. The van der Waals surface area contributed by atoms with E-state index in [1.165, 1.54) is 5.06 Å². The highest BCUT2D eigenvalue weighted by Gasteiger charge is 2.20. The lowest BCUT2D eigenvalue weighted by Crippen LogP contribution is -2.39. The first-order valence-electron chi connectivity index (χ1n) is 8.52. The Morgan fingerprint density at radius 2 is 1.96 bits per heavy atom. The van der Waals surface area contributed by atoms with Crippen molar-refractivity contribution in [3.05, 3.63) is 59.7 Å². The van der Waals surface area contributed by atoms with Crippen LogP contribution in [-0.2, 0) is 16.2 Å². The van der Waals surface area contributed by atoms with Gasteiger partial charge in [-0.15, -0.1) is 0 Å². The lowest BCUT2D eigenvalue weighted by atomic mass is 10.2. The van der Waals surface area contributed by atoms with Crippen LogP contribution < -0.4 is 4.74 Å². The van der Waals surface area contributed by atoms with Gasteiger partial charge in [0, 0.05) is 0 Å². The average Bonchev–Trinajstić information content (AvgIpc) is 3.02. The van der Waals surface area contributed by atoms with Crippen molar-refractivity contribution in [1.29, 1.82) is 0 Å². The van der Waals surface area contributed by atoms with Crippen molar-refractivity contribution >= 4 is 17.0 Å². The van der Waals surface area contributed by atoms with Crippen LogP contribution in [0, 0.1) is 6.92 Å². The molecular formula is C20H22N2O4. The lowest BCUT2D eigenvalue weighted by Gasteiger charge is -2.25. The molecule has 2 aromatic carbocycles. The molecule has 3 rings (SSSR count). The Morgan fingerprint density at radius 3 is 2.69 bits per heavy atom. The average molecular weight is 354 g/mol. The number of fused-ring (bicyclic) bond motifs is 1. The van der Waals surface area contributed by atoms with Gasteiger partial charge in [0.1, 0.15) is 12.1 Å². The first-order chi connectivity index (χ1) is 12.5. The maximum atomic E-state index is 12.5. The zero-order valence-electron chi connectivity index (χ0n) is 15.1. The summed E-state index contributed by atoms with van der Waals surface area (Å²) >= 11 is 0. The van der Waals surface area contributed by atoms with Crippen molar-refractivity contribution in [2.45, 2.75) is 33.4 Å². The first kappa shape index (κ1) is 17.9. The van der Waals surface area contributed by atoms with Gasteiger partial charge in [-0.05, 0) is 44.0 Å². The van der Waals surface area contributed by atoms with Crippen LogP contribution in [0.5, 0.6) is 6.08 Å². The highest BCUT2D eigenvalue weighted by molar-refractivity contribution is 5.77. The number of amides is 1. The second-order valence-electron chi connectivity index (χ2n) is 6.31. The number of hydrogen-bond acceptors (Lipinski definition) is 5. The lowest BCUT2D eigenvalue weighted by molar-refractivity contribution is -0.204. The largest absolute Gasteiger partial charge is 0.440 e. The summed E-state index contributed by atoms with van der Waals surface area (Å²) in [5, 5.41) is 1.32. The monoisotopic (exact) mass is 354 g/mol. The van der Waals surface area contributed by atoms with Crippen LogP contribution in [0.2, 0.25) is 0 Å². The Kier molecular flexibility index (Phi) is 5.53. The minimum absolute atomic E-state index is 0.0747. The summed E-state index contributed by atoms with van der Waals surface area (Å²) in [6.07, 6.45) is 0.0747. The molecular weight excluding hydrogens is 332 g/mol. The molecule has 0 radical (unpaired) electrons. The molecule has 0 aliphatic carbocycles. The number of aromatic nitrogens is 1. The van der Waals surface area contributed by atoms with Crippen LogP contribution in [-0.4, -0.2) is 28.6 Å². The quantitative estimate of drug-likeness (QED) is 0.602. The van der Waals surface area contributed by atoms with Crippen LogP contribution >= 0.6 is 0 Å². The van der Waals surface area contributed by atoms with Crippen LogP contribution in [0.25, 0.3) is 11.1 Å². The fourth-order valence-electron chi connectivity index (χ4n) is 2.49. The molecule has 0 bridgehead atoms. The van der Waals surface area contributed by atoms with E-state index in [1.807, 2.05) is 69.3 Å². The van der Waals surface area contributed by atoms with Gasteiger partial charge >= 0.3 is 6.08 Å². The number of oxazole rings is 1. The number of hydrogen-bond donors (Lipinski definition) is 0. The molecule has 0 aliphatic heterocycles. The second-order valence-corrected chi connectivity index (χ2v) is 6.31. The number of carbonyl (C=O) groups is 1. The van der Waals surface area contributed by atoms with E-state index in [0.717, 1.165) is 11.1 Å². The maximum absolute atomic E-state index is 12.5. The topological polar surface area (TPSA) is 64.8 Å². The Hall–Kier alpha value is -2.86. The van der Waals surface area contributed by atoms with Crippen molar-refractivity contribution in [2.24, 2.45) is 0 Å². The van der Waals surface area contributed by atoms with Gasteiger partial charge in [-0.3, -0.25) is 9.63 Å². The molecule has 1 heterocycles. The molecule has 136 valence electrons. The Labute approximate surface area is 152 Å². The van der Waals surface area contributed by atoms with Gasteiger partial charge < -0.3 is 9.15 Å². The van der Waals surface area contributed by atoms with E-state index < -0.39 is 0 Å². The van der Waals surface area contributed by atoms with E-state index in [4.69, 9.17) is 14.0 Å². The van der Waals surface area contributed by atoms with Crippen molar-refractivity contribution < 1.29 is 18.8 Å². The van der Waals surface area contributed by atoms with Crippen molar-refractivity contribution in [1.82, 2.24) is 10.0 Å². The summed E-state index contributed by atoms with van der Waals surface area (Å²) in [5.74, 6) is -0.297. The third-order valence-corrected chi connectivity index (χ3v) is 3.77. The molecule has 0 spiro atoms. The SMILES string of the molecule is Cc1ccc2nc(OCC(=O)N(OCc3ccccc3)C(C)C)oc2c1. The van der Waals surface area contributed by atoms with Gasteiger partial charge in [-0.25, -0.2) is 5.06 Å². The zero-order chi connectivity index (χ0) is 18.5. The highest BCUT2D eigenvalue weighted by Crippen LogP contribution is 2.21. The molecule has 3 aromatic rings. The molecule has 6 nitrogen and oxygen atoms in total. The Morgan fingerprint density at radius 1 is 1.19 bits per heavy atom. The zero-order valence-corrected chi connectivity index (χ0v) is 15.1. The normalized spacial score (nSPS) is 11.1. The first-order valence-corrected chi connectivity index (χ1v) is 8.52. The van der Waals surface area contributed by atoms with E-state index in [9.17, 15) is 4.79 Å². The smallest absolute Gasteiger partial charge is 0.395 e. The molecule has 0 fully saturated rings. The molecule has 26 heavy (non-hydrogen) atoms. The van der Waals surface area contributed by atoms with Crippen LogP contribution in [0.1, 0.15) is 25.0 Å². The van der Waals surface area contributed by atoms with Crippen LogP contribution in [0.4, 0.5) is 0 Å². The minimum atomic E-state index is -0.297. The molecule has 0 unspecified atom stereocenters. The fourth-order valence-corrected chi connectivity index (χ4v) is 2.49. The molecule has 1 amide bonds. The van der Waals surface area contributed by atoms with Gasteiger partial charge in [0.2, 0.25) is 0 Å². The van der Waals surface area contributed by atoms with Gasteiger partial charge in [0.25, 0.3) is 5.91 Å². The molecule has 0 atom stereocenters. The Bertz CT molecular complexity index is 874. The molecule has 6 heteroatoms. The van der Waals surface area contributed by atoms with E-state index in [2.05, 4.69) is 4.98 Å². The highest BCUT2D eigenvalue weighted by atomic mass is 16.7. The number of nitrogens with zero attached hydrogens (tertiary/aromatic N) is 2. The van der Waals surface area contributed by atoms with E-state index >= 15 is 0 Å². The molecule has 0 saturated carbocycles. The molecule has 0 aliphatic rings. The van der Waals surface area contributed by atoms with Crippen molar-refractivity contribution in [3.63, 3.8) is 0 Å². The molecule has 1 aromatic heterocycles. The molecule has 0 saturated heterocycles. The van der Waals surface area contributed by atoms with Crippen molar-refractivity contribution in [3.8, 4) is 6.08 Å². The number of aryl methyl sites for hydroxylation is 1. The van der Waals surface area contributed by atoms with Crippen LogP contribution in [0.15, 0.2) is 52.9 Å². The third kappa shape index (κ3) is 4.40. The van der Waals surface area contributed by atoms with Gasteiger partial charge in [-0.2, -0.15) is 4.98 Å². The van der Waals surface area contributed by atoms with Gasteiger partial charge in [0.15, 0.2) is 12.2 Å². The van der Waals surface area contributed by atoms with Gasteiger partial charge in [-0.1, -0.05) is 36.4 Å². The van der Waals surface area contributed by atoms with E-state index in [0.29, 0.717) is 17.7 Å². The summed E-state index contributed by atoms with van der Waals surface area (Å²) in [5.41, 5.74) is 3.38. The van der Waals surface area contributed by atoms with Gasteiger partial charge in [0.05, 0.1) is 6.04 Å². The second kappa shape index (κ2) is 8.01. The standard InChI is InChI=1S/C20H22N2O4/c1-14(2)22(25-12-16-7-5-4-6-8-16)19(23)13-24-20-21-17-10-9-15(3)11-18(17)26-20/h4-11,14H,12-13H2,1-3H3. The predicted molar refractivity (Wildman–Crippen MR) is 97.5 cm³/mol. The number of rotatable bonds is 7. The summed E-state index contributed by atoms with van der Waals surface area (Å²) in [6, 6.07) is 15.2. The minimum Gasteiger partial charge on any atom is -0.440 e. The summed E-state index contributed by atoms with van der Waals surface area (Å²) in [7, 11) is 0. The number of carbonyl (C=O) groups excluding carboxylic acids is 1. The Balaban J connectivity index is 1.60. The maximum Gasteiger partial charge on any atom is 0.395 e. The number of hydroxylamine groups is 2. The van der Waals surface area contributed by atoms with E-state index in [-0.39, 0.29) is 24.6 Å². The third-order valence-electron chi connectivity index (χ3n) is 3.77.